The molecule has 2 saturated heterocycles. The molecule has 144 valence electrons. The van der Waals surface area contributed by atoms with Gasteiger partial charge in [0.05, 0.1) is 6.04 Å². The summed E-state index contributed by atoms with van der Waals surface area (Å²) in [5.74, 6) is 3.95. The molecule has 5 fully saturated rings. The van der Waals surface area contributed by atoms with Gasteiger partial charge in [0.2, 0.25) is 11.8 Å². The van der Waals surface area contributed by atoms with Gasteiger partial charge in [-0.2, -0.15) is 0 Å². The Morgan fingerprint density at radius 3 is 2.27 bits per heavy atom. The fraction of sp³-hybridized carbons (Fsp3) is 0.909. The van der Waals surface area contributed by atoms with Crippen molar-refractivity contribution in [2.24, 2.45) is 29.6 Å². The van der Waals surface area contributed by atoms with E-state index >= 15 is 0 Å². The Bertz CT molecular complexity index is 558. The molecule has 3 saturated carbocycles. The largest absolute Gasteiger partial charge is 0.341 e. The minimum absolute atomic E-state index is 0.328. The zero-order valence-electron chi connectivity index (χ0n) is 16.1. The van der Waals surface area contributed by atoms with Crippen molar-refractivity contribution in [2.45, 2.75) is 76.7 Å². The Labute approximate surface area is 157 Å². The lowest BCUT2D eigenvalue weighted by Crippen LogP contribution is -2.66. The first-order valence-corrected chi connectivity index (χ1v) is 11.3. The Balaban J connectivity index is 1.14. The molecular weight excluding hydrogens is 324 g/mol. The van der Waals surface area contributed by atoms with Crippen molar-refractivity contribution in [3.63, 3.8) is 0 Å². The Morgan fingerprint density at radius 2 is 1.54 bits per heavy atom. The quantitative estimate of drug-likeness (QED) is 0.772. The van der Waals surface area contributed by atoms with Gasteiger partial charge in [0.15, 0.2) is 0 Å². The highest BCUT2D eigenvalue weighted by molar-refractivity contribution is 5.84. The highest BCUT2D eigenvalue weighted by Crippen LogP contribution is 2.57. The van der Waals surface area contributed by atoms with Gasteiger partial charge in [-0.1, -0.05) is 38.5 Å². The predicted octanol–water partition coefficient (Wildman–Crippen LogP) is 3.45. The van der Waals surface area contributed by atoms with Crippen LogP contribution in [0.25, 0.3) is 0 Å². The molecule has 26 heavy (non-hydrogen) atoms. The second-order valence-corrected chi connectivity index (χ2v) is 9.77. The number of likely N-dealkylation sites (tertiary alicyclic amines) is 2. The molecule has 5 atom stereocenters. The van der Waals surface area contributed by atoms with Gasteiger partial charge >= 0.3 is 0 Å². The average Bonchev–Trinajstić information content (AvgIpc) is 3.13. The van der Waals surface area contributed by atoms with Crippen LogP contribution in [0.15, 0.2) is 0 Å². The first kappa shape index (κ1) is 17.1. The van der Waals surface area contributed by atoms with Gasteiger partial charge in [-0.25, -0.2) is 0 Å². The SMILES string of the molecule is O=C(CCC1CCCC1)N1CC[C@@H]2CN(C(=O)C3[C@H]4CCCC[C@@H]34)[C@@H]2C1. The van der Waals surface area contributed by atoms with Gasteiger partial charge in [0.1, 0.15) is 0 Å². The summed E-state index contributed by atoms with van der Waals surface area (Å²) in [5, 5.41) is 0. The monoisotopic (exact) mass is 358 g/mol. The fourth-order valence-electron chi connectivity index (χ4n) is 6.61. The summed E-state index contributed by atoms with van der Waals surface area (Å²) in [4.78, 5) is 29.9. The van der Waals surface area contributed by atoms with E-state index in [0.29, 0.717) is 41.5 Å². The maximum Gasteiger partial charge on any atom is 0.226 e. The topological polar surface area (TPSA) is 40.6 Å². The number of hydrogen-bond donors (Lipinski definition) is 0. The van der Waals surface area contributed by atoms with E-state index in [4.69, 9.17) is 0 Å². The lowest BCUT2D eigenvalue weighted by Gasteiger charge is -2.53. The van der Waals surface area contributed by atoms with Gasteiger partial charge in [-0.05, 0) is 43.4 Å². The first-order valence-electron chi connectivity index (χ1n) is 11.3. The van der Waals surface area contributed by atoms with E-state index in [9.17, 15) is 9.59 Å². The maximum atomic E-state index is 13.0. The molecule has 3 aliphatic carbocycles. The maximum absolute atomic E-state index is 13.0. The minimum atomic E-state index is 0.328. The van der Waals surface area contributed by atoms with E-state index in [2.05, 4.69) is 9.80 Å². The molecule has 5 rings (SSSR count). The predicted molar refractivity (Wildman–Crippen MR) is 100 cm³/mol. The van der Waals surface area contributed by atoms with Crippen molar-refractivity contribution in [2.75, 3.05) is 19.6 Å². The minimum Gasteiger partial charge on any atom is -0.341 e. The van der Waals surface area contributed by atoms with E-state index in [-0.39, 0.29) is 0 Å². The van der Waals surface area contributed by atoms with Crippen LogP contribution >= 0.6 is 0 Å². The Hall–Kier alpha value is -1.06. The van der Waals surface area contributed by atoms with Crippen molar-refractivity contribution < 1.29 is 9.59 Å². The average molecular weight is 359 g/mol. The summed E-state index contributed by atoms with van der Waals surface area (Å²) in [6.45, 7) is 2.69. The normalized spacial score (nSPS) is 39.2. The highest BCUT2D eigenvalue weighted by atomic mass is 16.2. The summed E-state index contributed by atoms with van der Waals surface area (Å²) in [5.41, 5.74) is 0. The second-order valence-electron chi connectivity index (χ2n) is 9.77. The Morgan fingerprint density at radius 1 is 0.846 bits per heavy atom. The van der Waals surface area contributed by atoms with Crippen LogP contribution in [0.3, 0.4) is 0 Å². The number of fused-ring (bicyclic) bond motifs is 2. The zero-order valence-corrected chi connectivity index (χ0v) is 16.1. The molecule has 0 spiro atoms. The van der Waals surface area contributed by atoms with Crippen LogP contribution in [0.5, 0.6) is 0 Å². The van der Waals surface area contributed by atoms with Crippen molar-refractivity contribution in [1.82, 2.24) is 9.80 Å². The van der Waals surface area contributed by atoms with Crippen molar-refractivity contribution >= 4 is 11.8 Å². The number of hydrogen-bond acceptors (Lipinski definition) is 2. The van der Waals surface area contributed by atoms with Crippen LogP contribution in [0, 0.1) is 29.6 Å². The molecule has 2 heterocycles. The molecule has 0 radical (unpaired) electrons. The summed E-state index contributed by atoms with van der Waals surface area (Å²) >= 11 is 0. The summed E-state index contributed by atoms with van der Waals surface area (Å²) in [6.07, 6.45) is 13.4. The highest BCUT2D eigenvalue weighted by Gasteiger charge is 2.58. The molecule has 2 amide bonds. The number of piperidine rings is 1. The number of carbonyl (C=O) groups is 2. The van der Waals surface area contributed by atoms with E-state index in [1.807, 2.05) is 0 Å². The van der Waals surface area contributed by atoms with Crippen molar-refractivity contribution in [1.29, 1.82) is 0 Å². The van der Waals surface area contributed by atoms with Crippen molar-refractivity contribution in [3.05, 3.63) is 0 Å². The first-order chi connectivity index (χ1) is 12.7. The van der Waals surface area contributed by atoms with E-state index < -0.39 is 0 Å². The molecule has 1 unspecified atom stereocenters. The van der Waals surface area contributed by atoms with Crippen LogP contribution < -0.4 is 0 Å². The number of nitrogens with zero attached hydrogens (tertiary/aromatic N) is 2. The smallest absolute Gasteiger partial charge is 0.226 e. The van der Waals surface area contributed by atoms with Crippen LogP contribution in [0.4, 0.5) is 0 Å². The third kappa shape index (κ3) is 2.97. The molecule has 0 aromatic rings. The number of amides is 2. The fourth-order valence-corrected chi connectivity index (χ4v) is 6.61. The molecule has 2 aliphatic heterocycles. The van der Waals surface area contributed by atoms with Gasteiger partial charge in [-0.3, -0.25) is 9.59 Å². The molecular formula is C22H34N2O2. The molecule has 0 aromatic heterocycles. The molecule has 0 bridgehead atoms. The van der Waals surface area contributed by atoms with E-state index in [1.165, 1.54) is 51.4 Å². The molecule has 5 aliphatic rings. The van der Waals surface area contributed by atoms with Crippen LogP contribution in [-0.2, 0) is 9.59 Å². The lowest BCUT2D eigenvalue weighted by molar-refractivity contribution is -0.155. The molecule has 4 nitrogen and oxygen atoms in total. The summed E-state index contributed by atoms with van der Waals surface area (Å²) in [7, 11) is 0. The van der Waals surface area contributed by atoms with Crippen LogP contribution in [0.2, 0.25) is 0 Å². The Kier molecular flexibility index (Phi) is 4.48. The van der Waals surface area contributed by atoms with Crippen LogP contribution in [-0.4, -0.2) is 47.3 Å². The third-order valence-corrected chi connectivity index (χ3v) is 8.37. The van der Waals surface area contributed by atoms with Gasteiger partial charge in [0.25, 0.3) is 0 Å². The standard InChI is InChI=1S/C22H34N2O2/c25-20(10-9-15-5-1-2-6-15)23-12-11-16-13-24(19(16)14-23)22(26)21-17-7-3-4-8-18(17)21/h15-19,21H,1-14H2/t16-,17-,18+,19-,21?/m1/s1. The number of rotatable bonds is 4. The number of carbonyl (C=O) groups excluding carboxylic acids is 2. The molecule has 0 aromatic carbocycles. The van der Waals surface area contributed by atoms with E-state index in [1.54, 1.807) is 0 Å². The van der Waals surface area contributed by atoms with Crippen LogP contribution in [0.1, 0.15) is 70.6 Å². The van der Waals surface area contributed by atoms with Gasteiger partial charge in [0, 0.05) is 37.9 Å². The molecule has 0 N–H and O–H groups in total. The zero-order chi connectivity index (χ0) is 17.7. The van der Waals surface area contributed by atoms with E-state index in [0.717, 1.165) is 44.8 Å². The van der Waals surface area contributed by atoms with Crippen molar-refractivity contribution in [3.8, 4) is 0 Å². The van der Waals surface area contributed by atoms with Gasteiger partial charge < -0.3 is 9.80 Å². The second kappa shape index (κ2) is 6.83. The molecule has 4 heteroatoms. The summed E-state index contributed by atoms with van der Waals surface area (Å²) < 4.78 is 0. The lowest BCUT2D eigenvalue weighted by atomic mass is 9.81. The summed E-state index contributed by atoms with van der Waals surface area (Å²) in [6, 6.07) is 0.328. The third-order valence-electron chi connectivity index (χ3n) is 8.37. The van der Waals surface area contributed by atoms with Gasteiger partial charge in [-0.15, -0.1) is 0 Å².